The molecule has 2 aromatic rings. The number of halogens is 1. The summed E-state index contributed by atoms with van der Waals surface area (Å²) in [5, 5.41) is 3.15. The van der Waals surface area contributed by atoms with E-state index in [0.29, 0.717) is 5.92 Å². The van der Waals surface area contributed by atoms with Crippen LogP contribution in [0.25, 0.3) is 10.6 Å². The quantitative estimate of drug-likeness (QED) is 0.776. The van der Waals surface area contributed by atoms with Crippen molar-refractivity contribution in [3.8, 4) is 10.6 Å². The lowest BCUT2D eigenvalue weighted by Crippen LogP contribution is -1.87. The molecular weight excluding hydrogens is 272 g/mol. The van der Waals surface area contributed by atoms with Crippen LogP contribution < -0.4 is 0 Å². The van der Waals surface area contributed by atoms with Gasteiger partial charge < -0.3 is 0 Å². The molecule has 0 aromatic carbocycles. The lowest BCUT2D eigenvalue weighted by Gasteiger charge is -1.98. The molecule has 4 heteroatoms. The van der Waals surface area contributed by atoms with E-state index >= 15 is 0 Å². The molecule has 2 heterocycles. The summed E-state index contributed by atoms with van der Waals surface area (Å²) in [5.74, 6) is 0.485. The highest BCUT2D eigenvalue weighted by atomic mass is 79.9. The third kappa shape index (κ3) is 2.44. The Kier molecular flexibility index (Phi) is 3.17. The zero-order valence-electron chi connectivity index (χ0n) is 8.57. The number of aromatic nitrogens is 2. The van der Waals surface area contributed by atoms with Gasteiger partial charge in [0.25, 0.3) is 0 Å². The van der Waals surface area contributed by atoms with E-state index in [2.05, 4.69) is 45.1 Å². The average Bonchev–Trinajstić information content (AvgIpc) is 2.68. The highest BCUT2D eigenvalue weighted by Crippen LogP contribution is 2.26. The van der Waals surface area contributed by atoms with Gasteiger partial charge in [-0.3, -0.25) is 0 Å². The number of hydrogen-bond donors (Lipinski definition) is 0. The summed E-state index contributed by atoms with van der Waals surface area (Å²) in [6, 6.07) is 3.96. The van der Waals surface area contributed by atoms with Crippen molar-refractivity contribution in [1.82, 2.24) is 9.97 Å². The lowest BCUT2D eigenvalue weighted by atomic mass is 10.2. The van der Waals surface area contributed by atoms with Crippen LogP contribution in [0.1, 0.15) is 25.5 Å². The summed E-state index contributed by atoms with van der Waals surface area (Å²) in [7, 11) is 0. The van der Waals surface area contributed by atoms with Gasteiger partial charge in [0.15, 0.2) is 0 Å². The van der Waals surface area contributed by atoms with Crippen LogP contribution in [0.3, 0.4) is 0 Å². The molecule has 0 unspecified atom stereocenters. The second kappa shape index (κ2) is 4.41. The van der Waals surface area contributed by atoms with Crippen LogP contribution in [0.5, 0.6) is 0 Å². The SMILES string of the molecule is CC(C)c1csc(-c2ccc(Br)nc2)n1. The Hall–Kier alpha value is -0.740. The molecule has 2 aromatic heterocycles. The van der Waals surface area contributed by atoms with E-state index in [4.69, 9.17) is 0 Å². The third-order valence-electron chi connectivity index (χ3n) is 2.09. The molecule has 0 spiro atoms. The molecule has 2 rings (SSSR count). The van der Waals surface area contributed by atoms with Gasteiger partial charge >= 0.3 is 0 Å². The summed E-state index contributed by atoms with van der Waals surface area (Å²) in [6.07, 6.45) is 1.84. The Morgan fingerprint density at radius 2 is 2.13 bits per heavy atom. The Bertz CT molecular complexity index is 448. The first-order valence-electron chi connectivity index (χ1n) is 4.74. The van der Waals surface area contributed by atoms with Crippen molar-refractivity contribution in [2.45, 2.75) is 19.8 Å². The van der Waals surface area contributed by atoms with Crippen LogP contribution in [0, 0.1) is 0 Å². The predicted octanol–water partition coefficient (Wildman–Crippen LogP) is 4.09. The zero-order valence-corrected chi connectivity index (χ0v) is 11.0. The summed E-state index contributed by atoms with van der Waals surface area (Å²) < 4.78 is 0.854. The standard InChI is InChI=1S/C11H11BrN2S/c1-7(2)9-6-15-11(14-9)8-3-4-10(12)13-5-8/h3-7H,1-2H3. The van der Waals surface area contributed by atoms with Gasteiger partial charge in [0.2, 0.25) is 0 Å². The van der Waals surface area contributed by atoms with Gasteiger partial charge in [0, 0.05) is 17.1 Å². The van der Waals surface area contributed by atoms with Crippen molar-refractivity contribution in [2.24, 2.45) is 0 Å². The van der Waals surface area contributed by atoms with Gasteiger partial charge in [0.1, 0.15) is 9.61 Å². The first-order chi connectivity index (χ1) is 7.16. The van der Waals surface area contributed by atoms with Crippen LogP contribution in [0.15, 0.2) is 28.3 Å². The topological polar surface area (TPSA) is 25.8 Å². The molecule has 0 saturated heterocycles. The van der Waals surface area contributed by atoms with E-state index in [0.717, 1.165) is 20.9 Å². The van der Waals surface area contributed by atoms with Crippen molar-refractivity contribution in [3.63, 3.8) is 0 Å². The van der Waals surface area contributed by atoms with E-state index < -0.39 is 0 Å². The molecule has 78 valence electrons. The monoisotopic (exact) mass is 282 g/mol. The fourth-order valence-electron chi connectivity index (χ4n) is 1.19. The number of nitrogens with zero attached hydrogens (tertiary/aromatic N) is 2. The lowest BCUT2D eigenvalue weighted by molar-refractivity contribution is 0.834. The van der Waals surface area contributed by atoms with Crippen molar-refractivity contribution >= 4 is 27.3 Å². The minimum atomic E-state index is 0.485. The summed E-state index contributed by atoms with van der Waals surface area (Å²) in [6.45, 7) is 4.30. The molecule has 2 nitrogen and oxygen atoms in total. The third-order valence-corrected chi connectivity index (χ3v) is 3.47. The molecule has 0 fully saturated rings. The average molecular weight is 283 g/mol. The van der Waals surface area contributed by atoms with E-state index in [1.807, 2.05) is 18.3 Å². The highest BCUT2D eigenvalue weighted by Gasteiger charge is 2.07. The van der Waals surface area contributed by atoms with Crippen molar-refractivity contribution in [3.05, 3.63) is 34.0 Å². The van der Waals surface area contributed by atoms with Gasteiger partial charge in [-0.05, 0) is 34.0 Å². The van der Waals surface area contributed by atoms with E-state index in [1.54, 1.807) is 11.3 Å². The Morgan fingerprint density at radius 1 is 1.33 bits per heavy atom. The molecule has 0 atom stereocenters. The van der Waals surface area contributed by atoms with Crippen LogP contribution in [0.2, 0.25) is 0 Å². The Morgan fingerprint density at radius 3 is 2.67 bits per heavy atom. The van der Waals surface area contributed by atoms with Gasteiger partial charge in [-0.15, -0.1) is 11.3 Å². The maximum atomic E-state index is 4.57. The van der Waals surface area contributed by atoms with Gasteiger partial charge in [-0.25, -0.2) is 9.97 Å². The molecule has 0 bridgehead atoms. The molecule has 0 aliphatic carbocycles. The molecule has 15 heavy (non-hydrogen) atoms. The molecule has 0 aliphatic rings. The van der Waals surface area contributed by atoms with Crippen LogP contribution >= 0.6 is 27.3 Å². The van der Waals surface area contributed by atoms with Crippen LogP contribution in [0.4, 0.5) is 0 Å². The molecule has 0 amide bonds. The first-order valence-corrected chi connectivity index (χ1v) is 6.41. The Labute approximate surface area is 102 Å². The van der Waals surface area contributed by atoms with Crippen molar-refractivity contribution < 1.29 is 0 Å². The van der Waals surface area contributed by atoms with Crippen LogP contribution in [-0.4, -0.2) is 9.97 Å². The van der Waals surface area contributed by atoms with Crippen molar-refractivity contribution in [2.75, 3.05) is 0 Å². The van der Waals surface area contributed by atoms with E-state index in [9.17, 15) is 0 Å². The minimum Gasteiger partial charge on any atom is -0.249 e. The minimum absolute atomic E-state index is 0.485. The fourth-order valence-corrected chi connectivity index (χ4v) is 2.39. The number of hydrogen-bond acceptors (Lipinski definition) is 3. The molecule has 0 saturated carbocycles. The highest BCUT2D eigenvalue weighted by molar-refractivity contribution is 9.10. The molecule has 0 aliphatic heterocycles. The van der Waals surface area contributed by atoms with E-state index in [1.165, 1.54) is 0 Å². The fraction of sp³-hybridized carbons (Fsp3) is 0.273. The second-order valence-corrected chi connectivity index (χ2v) is 5.27. The predicted molar refractivity (Wildman–Crippen MR) is 67.1 cm³/mol. The van der Waals surface area contributed by atoms with Crippen LogP contribution in [-0.2, 0) is 0 Å². The summed E-state index contributed by atoms with van der Waals surface area (Å²) in [5.41, 5.74) is 2.23. The van der Waals surface area contributed by atoms with Gasteiger partial charge in [-0.2, -0.15) is 0 Å². The maximum Gasteiger partial charge on any atom is 0.125 e. The zero-order chi connectivity index (χ0) is 10.8. The van der Waals surface area contributed by atoms with Crippen molar-refractivity contribution in [1.29, 1.82) is 0 Å². The normalized spacial score (nSPS) is 10.9. The van der Waals surface area contributed by atoms with E-state index in [-0.39, 0.29) is 0 Å². The summed E-state index contributed by atoms with van der Waals surface area (Å²) >= 11 is 4.99. The van der Waals surface area contributed by atoms with Gasteiger partial charge in [-0.1, -0.05) is 13.8 Å². The maximum absolute atomic E-state index is 4.57. The smallest absolute Gasteiger partial charge is 0.125 e. The molecule has 0 N–H and O–H groups in total. The Balaban J connectivity index is 2.33. The number of thiazole rings is 1. The second-order valence-electron chi connectivity index (χ2n) is 3.60. The molecular formula is C11H11BrN2S. The number of pyridine rings is 1. The number of rotatable bonds is 2. The first kappa shape index (κ1) is 10.8. The summed E-state index contributed by atoms with van der Waals surface area (Å²) in [4.78, 5) is 8.77. The van der Waals surface area contributed by atoms with Gasteiger partial charge in [0.05, 0.1) is 5.69 Å². The largest absolute Gasteiger partial charge is 0.249 e. The molecule has 0 radical (unpaired) electrons.